The van der Waals surface area contributed by atoms with Crippen molar-refractivity contribution in [3.63, 3.8) is 0 Å². The Kier molecular flexibility index (Phi) is 5.54. The molecule has 3 rings (SSSR count). The lowest BCUT2D eigenvalue weighted by Gasteiger charge is -2.26. The molecule has 0 saturated heterocycles. The van der Waals surface area contributed by atoms with E-state index in [2.05, 4.69) is 0 Å². The van der Waals surface area contributed by atoms with Crippen molar-refractivity contribution in [2.24, 2.45) is 0 Å². The molecule has 1 aliphatic carbocycles. The second kappa shape index (κ2) is 7.43. The molecule has 1 unspecified atom stereocenters. The Morgan fingerprint density at radius 2 is 1.74 bits per heavy atom. The van der Waals surface area contributed by atoms with Crippen LogP contribution in [0.4, 0.5) is 13.2 Å². The van der Waals surface area contributed by atoms with Crippen LogP contribution >= 0.6 is 11.6 Å². The minimum absolute atomic E-state index is 0.348. The molecule has 2 aromatic rings. The van der Waals surface area contributed by atoms with Crippen LogP contribution in [0.25, 0.3) is 0 Å². The maximum atomic E-state index is 13.4. The van der Waals surface area contributed by atoms with Crippen LogP contribution in [0.3, 0.4) is 0 Å². The molecule has 0 radical (unpaired) electrons. The first kappa shape index (κ1) is 20.1. The molecule has 1 saturated carbocycles. The van der Waals surface area contributed by atoms with Gasteiger partial charge in [-0.2, -0.15) is 17.5 Å². The Labute approximate surface area is 160 Å². The zero-order valence-electron chi connectivity index (χ0n) is 14.0. The van der Waals surface area contributed by atoms with E-state index in [0.717, 1.165) is 16.4 Å². The van der Waals surface area contributed by atoms with Gasteiger partial charge in [-0.05, 0) is 30.5 Å². The molecule has 0 spiro atoms. The molecule has 1 fully saturated rings. The van der Waals surface area contributed by atoms with Gasteiger partial charge < -0.3 is 5.11 Å². The lowest BCUT2D eigenvalue weighted by atomic mass is 10.1. The first-order valence-electron chi connectivity index (χ1n) is 8.23. The summed E-state index contributed by atoms with van der Waals surface area (Å²) in [6.45, 7) is -0.348. The molecule has 1 aliphatic rings. The smallest absolute Gasteiger partial charge is 0.387 e. The Morgan fingerprint density at radius 1 is 1.11 bits per heavy atom. The van der Waals surface area contributed by atoms with Crippen molar-refractivity contribution >= 4 is 21.6 Å². The topological polar surface area (TPSA) is 57.6 Å². The fourth-order valence-corrected chi connectivity index (χ4v) is 5.29. The average Bonchev–Trinajstić information content (AvgIpc) is 3.43. The molecule has 146 valence electrons. The third kappa shape index (κ3) is 4.29. The summed E-state index contributed by atoms with van der Waals surface area (Å²) >= 11 is 5.87. The lowest BCUT2D eigenvalue weighted by molar-refractivity contribution is -0.139. The maximum absolute atomic E-state index is 13.4. The molecule has 1 atom stereocenters. The SMILES string of the molecule is O=S(=O)(c1c(Cl)cccc1C(F)(F)F)N(CC(O)c1ccccc1)C1CC1. The van der Waals surface area contributed by atoms with Gasteiger partial charge in [-0.25, -0.2) is 8.42 Å². The minimum atomic E-state index is -4.87. The monoisotopic (exact) mass is 419 g/mol. The molecular formula is C18H17ClF3NO3S. The van der Waals surface area contributed by atoms with Gasteiger partial charge in [0.1, 0.15) is 4.90 Å². The molecule has 27 heavy (non-hydrogen) atoms. The highest BCUT2D eigenvalue weighted by molar-refractivity contribution is 7.89. The number of aliphatic hydroxyl groups excluding tert-OH is 1. The van der Waals surface area contributed by atoms with Crippen molar-refractivity contribution in [3.05, 3.63) is 64.7 Å². The van der Waals surface area contributed by atoms with E-state index in [1.807, 2.05) is 0 Å². The van der Waals surface area contributed by atoms with Crippen LogP contribution in [0.2, 0.25) is 5.02 Å². The predicted molar refractivity (Wildman–Crippen MR) is 94.8 cm³/mol. The molecule has 1 N–H and O–H groups in total. The summed E-state index contributed by atoms with van der Waals surface area (Å²) in [5.41, 5.74) is -0.830. The summed E-state index contributed by atoms with van der Waals surface area (Å²) in [4.78, 5) is -0.966. The van der Waals surface area contributed by atoms with Crippen molar-refractivity contribution in [3.8, 4) is 0 Å². The van der Waals surface area contributed by atoms with Gasteiger partial charge in [0, 0.05) is 12.6 Å². The van der Waals surface area contributed by atoms with E-state index >= 15 is 0 Å². The summed E-state index contributed by atoms with van der Waals surface area (Å²) in [5, 5.41) is 9.92. The minimum Gasteiger partial charge on any atom is -0.387 e. The largest absolute Gasteiger partial charge is 0.417 e. The number of aliphatic hydroxyl groups is 1. The van der Waals surface area contributed by atoms with Gasteiger partial charge in [-0.3, -0.25) is 0 Å². The molecule has 9 heteroatoms. The van der Waals surface area contributed by atoms with Crippen LogP contribution in [-0.4, -0.2) is 30.4 Å². The normalized spacial score (nSPS) is 16.5. The summed E-state index contributed by atoms with van der Waals surface area (Å²) in [6.07, 6.45) is -5.00. The van der Waals surface area contributed by atoms with Crippen molar-refractivity contribution in [1.82, 2.24) is 4.31 Å². The second-order valence-electron chi connectivity index (χ2n) is 6.35. The number of alkyl halides is 3. The third-order valence-corrected chi connectivity index (χ3v) is 6.78. The average molecular weight is 420 g/mol. The van der Waals surface area contributed by atoms with E-state index in [-0.39, 0.29) is 6.54 Å². The first-order valence-corrected chi connectivity index (χ1v) is 10.0. The van der Waals surface area contributed by atoms with Gasteiger partial charge in [0.05, 0.1) is 16.7 Å². The standard InChI is InChI=1S/C18H17ClF3NO3S/c19-15-8-4-7-14(18(20,21)22)17(15)27(25,26)23(13-9-10-13)11-16(24)12-5-2-1-3-6-12/h1-8,13,16,24H,9-11H2. The van der Waals surface area contributed by atoms with Gasteiger partial charge in [0.25, 0.3) is 0 Å². The lowest BCUT2D eigenvalue weighted by Crippen LogP contribution is -2.37. The molecule has 2 aromatic carbocycles. The number of halogens is 4. The molecule has 0 heterocycles. The van der Waals surface area contributed by atoms with Gasteiger partial charge in [-0.15, -0.1) is 0 Å². The highest BCUT2D eigenvalue weighted by atomic mass is 35.5. The summed E-state index contributed by atoms with van der Waals surface area (Å²) in [5.74, 6) is 0. The zero-order chi connectivity index (χ0) is 19.8. The predicted octanol–water partition coefficient (Wildman–Crippen LogP) is 4.25. The van der Waals surface area contributed by atoms with E-state index < -0.39 is 43.8 Å². The van der Waals surface area contributed by atoms with E-state index in [1.54, 1.807) is 30.3 Å². The molecular weight excluding hydrogens is 403 g/mol. The zero-order valence-corrected chi connectivity index (χ0v) is 15.6. The number of rotatable bonds is 6. The number of hydrogen-bond donors (Lipinski definition) is 1. The number of nitrogens with zero attached hydrogens (tertiary/aromatic N) is 1. The fraction of sp³-hybridized carbons (Fsp3) is 0.333. The Morgan fingerprint density at radius 3 is 2.30 bits per heavy atom. The maximum Gasteiger partial charge on any atom is 0.417 e. The van der Waals surface area contributed by atoms with Crippen molar-refractivity contribution in [2.45, 2.75) is 36.1 Å². The Balaban J connectivity index is 2.02. The van der Waals surface area contributed by atoms with Crippen molar-refractivity contribution < 1.29 is 26.7 Å². The van der Waals surface area contributed by atoms with Crippen LogP contribution in [-0.2, 0) is 16.2 Å². The van der Waals surface area contributed by atoms with Crippen molar-refractivity contribution in [2.75, 3.05) is 6.54 Å². The first-order chi connectivity index (χ1) is 12.6. The van der Waals surface area contributed by atoms with Gasteiger partial charge in [0.2, 0.25) is 10.0 Å². The second-order valence-corrected chi connectivity index (χ2v) is 8.58. The highest BCUT2D eigenvalue weighted by Crippen LogP contribution is 2.41. The van der Waals surface area contributed by atoms with Gasteiger partial charge >= 0.3 is 6.18 Å². The van der Waals surface area contributed by atoms with Crippen LogP contribution in [0.5, 0.6) is 0 Å². The number of hydrogen-bond acceptors (Lipinski definition) is 3. The van der Waals surface area contributed by atoms with Crippen LogP contribution in [0, 0.1) is 0 Å². The molecule has 4 nitrogen and oxygen atoms in total. The third-order valence-electron chi connectivity index (χ3n) is 4.33. The summed E-state index contributed by atoms with van der Waals surface area (Å²) in [6, 6.07) is 10.8. The van der Waals surface area contributed by atoms with E-state index in [0.29, 0.717) is 24.5 Å². The molecule has 0 bridgehead atoms. The number of benzene rings is 2. The summed E-state index contributed by atoms with van der Waals surface area (Å²) < 4.78 is 67.3. The Hall–Kier alpha value is -1.61. The molecule has 0 amide bonds. The van der Waals surface area contributed by atoms with Crippen LogP contribution < -0.4 is 0 Å². The van der Waals surface area contributed by atoms with E-state index in [4.69, 9.17) is 11.6 Å². The fourth-order valence-electron chi connectivity index (χ4n) is 2.87. The van der Waals surface area contributed by atoms with E-state index in [1.165, 1.54) is 0 Å². The number of sulfonamides is 1. The Bertz CT molecular complexity index is 915. The van der Waals surface area contributed by atoms with Gasteiger partial charge in [0.15, 0.2) is 0 Å². The van der Waals surface area contributed by atoms with Gasteiger partial charge in [-0.1, -0.05) is 48.0 Å². The quantitative estimate of drug-likeness (QED) is 0.761. The molecule has 0 aromatic heterocycles. The van der Waals surface area contributed by atoms with Crippen LogP contribution in [0.15, 0.2) is 53.4 Å². The van der Waals surface area contributed by atoms with Crippen LogP contribution in [0.1, 0.15) is 30.1 Å². The summed E-state index contributed by atoms with van der Waals surface area (Å²) in [7, 11) is -4.56. The van der Waals surface area contributed by atoms with Crippen molar-refractivity contribution in [1.29, 1.82) is 0 Å². The molecule has 0 aliphatic heterocycles. The highest BCUT2D eigenvalue weighted by Gasteiger charge is 2.45. The van der Waals surface area contributed by atoms with E-state index in [9.17, 15) is 26.7 Å².